The SMILES string of the molecule is C[n+]1cc2ccccc2c2ccccc21.I. The van der Waals surface area contributed by atoms with Crippen molar-refractivity contribution in [1.82, 2.24) is 0 Å². The van der Waals surface area contributed by atoms with E-state index in [1.165, 1.54) is 21.7 Å². The molecule has 0 N–H and O–H groups in total. The molecule has 1 nitrogen and oxygen atoms in total. The average Bonchev–Trinajstić information content (AvgIpc) is 2.30. The zero-order valence-corrected chi connectivity index (χ0v) is 11.4. The molecule has 0 saturated heterocycles. The van der Waals surface area contributed by atoms with Crippen molar-refractivity contribution in [2.24, 2.45) is 7.05 Å². The van der Waals surface area contributed by atoms with Crippen molar-refractivity contribution < 1.29 is 4.57 Å². The first-order valence-corrected chi connectivity index (χ1v) is 5.12. The molecule has 0 radical (unpaired) electrons. The van der Waals surface area contributed by atoms with Crippen molar-refractivity contribution in [3.8, 4) is 0 Å². The van der Waals surface area contributed by atoms with Crippen LogP contribution in [0.15, 0.2) is 54.7 Å². The third-order valence-corrected chi connectivity index (χ3v) is 2.87. The third-order valence-electron chi connectivity index (χ3n) is 2.87. The molecule has 0 aliphatic heterocycles. The summed E-state index contributed by atoms with van der Waals surface area (Å²) in [5.74, 6) is 0. The lowest BCUT2D eigenvalue weighted by Crippen LogP contribution is -2.28. The Morgan fingerprint density at radius 3 is 2.25 bits per heavy atom. The van der Waals surface area contributed by atoms with Crippen LogP contribution in [0.4, 0.5) is 0 Å². The van der Waals surface area contributed by atoms with Crippen molar-refractivity contribution >= 4 is 45.7 Å². The number of halogens is 1. The van der Waals surface area contributed by atoms with E-state index in [0.29, 0.717) is 0 Å². The summed E-state index contributed by atoms with van der Waals surface area (Å²) in [7, 11) is 2.09. The first kappa shape index (κ1) is 11.3. The van der Waals surface area contributed by atoms with Gasteiger partial charge < -0.3 is 0 Å². The van der Waals surface area contributed by atoms with Crippen LogP contribution in [0.25, 0.3) is 21.7 Å². The molecule has 0 fully saturated rings. The predicted octanol–water partition coefficient (Wildman–Crippen LogP) is 3.44. The maximum atomic E-state index is 2.18. The summed E-state index contributed by atoms with van der Waals surface area (Å²) in [6.45, 7) is 0. The van der Waals surface area contributed by atoms with Gasteiger partial charge in [0.2, 0.25) is 5.52 Å². The minimum Gasteiger partial charge on any atom is -0.200 e. The second kappa shape index (κ2) is 4.37. The van der Waals surface area contributed by atoms with Gasteiger partial charge in [-0.25, -0.2) is 4.57 Å². The van der Waals surface area contributed by atoms with Crippen LogP contribution >= 0.6 is 24.0 Å². The Labute approximate surface area is 112 Å². The van der Waals surface area contributed by atoms with Gasteiger partial charge in [0, 0.05) is 16.8 Å². The summed E-state index contributed by atoms with van der Waals surface area (Å²) in [6, 6.07) is 17.0. The molecule has 16 heavy (non-hydrogen) atoms. The van der Waals surface area contributed by atoms with E-state index in [1.54, 1.807) is 0 Å². The minimum atomic E-state index is 0. The van der Waals surface area contributed by atoms with Crippen LogP contribution in [0.2, 0.25) is 0 Å². The van der Waals surface area contributed by atoms with Crippen LogP contribution in [0, 0.1) is 0 Å². The molecule has 2 aromatic carbocycles. The second-order valence-corrected chi connectivity index (χ2v) is 3.84. The van der Waals surface area contributed by atoms with E-state index in [-0.39, 0.29) is 24.0 Å². The van der Waals surface area contributed by atoms with E-state index in [9.17, 15) is 0 Å². The monoisotopic (exact) mass is 322 g/mol. The molecule has 0 bridgehead atoms. The average molecular weight is 322 g/mol. The van der Waals surface area contributed by atoms with Gasteiger partial charge in [0.25, 0.3) is 0 Å². The van der Waals surface area contributed by atoms with E-state index in [1.807, 2.05) is 0 Å². The van der Waals surface area contributed by atoms with E-state index in [0.717, 1.165) is 0 Å². The molecule has 0 saturated carbocycles. The maximum Gasteiger partial charge on any atom is 0.212 e. The van der Waals surface area contributed by atoms with Gasteiger partial charge in [-0.2, -0.15) is 0 Å². The quantitative estimate of drug-likeness (QED) is 0.339. The lowest BCUT2D eigenvalue weighted by Gasteiger charge is -2.01. The molecule has 0 aliphatic rings. The van der Waals surface area contributed by atoms with Gasteiger partial charge in [-0.15, -0.1) is 24.0 Å². The number of nitrogens with zero attached hydrogens (tertiary/aromatic N) is 1. The normalized spacial score (nSPS) is 10.3. The van der Waals surface area contributed by atoms with Gasteiger partial charge in [0.1, 0.15) is 7.05 Å². The number of fused-ring (bicyclic) bond motifs is 3. The molecular formula is C14H13IN+. The van der Waals surface area contributed by atoms with Gasteiger partial charge in [0.15, 0.2) is 6.20 Å². The zero-order chi connectivity index (χ0) is 10.3. The van der Waals surface area contributed by atoms with Gasteiger partial charge in [-0.05, 0) is 12.1 Å². The Morgan fingerprint density at radius 1 is 0.812 bits per heavy atom. The van der Waals surface area contributed by atoms with Gasteiger partial charge >= 0.3 is 0 Å². The summed E-state index contributed by atoms with van der Waals surface area (Å²) >= 11 is 0. The molecule has 80 valence electrons. The fraction of sp³-hybridized carbons (Fsp3) is 0.0714. The first-order chi connectivity index (χ1) is 7.36. The third kappa shape index (κ3) is 1.67. The number of pyridine rings is 1. The molecule has 3 aromatic rings. The Balaban J connectivity index is 0.000000963. The van der Waals surface area contributed by atoms with Crippen LogP contribution in [-0.4, -0.2) is 0 Å². The Bertz CT molecular complexity index is 646. The predicted molar refractivity (Wildman–Crippen MR) is 78.0 cm³/mol. The topological polar surface area (TPSA) is 3.88 Å². The molecule has 0 aliphatic carbocycles. The standard InChI is InChI=1S/C14H12N.HI/c1-15-10-11-6-2-3-7-12(11)13-8-4-5-9-14(13)15;/h2-10H,1H3;1H/q+1;. The van der Waals surface area contributed by atoms with Crippen LogP contribution in [0.3, 0.4) is 0 Å². The molecule has 0 amide bonds. The maximum absolute atomic E-state index is 2.18. The molecule has 3 rings (SSSR count). The van der Waals surface area contributed by atoms with E-state index < -0.39 is 0 Å². The molecule has 1 heterocycles. The molecule has 0 unspecified atom stereocenters. The number of hydrogen-bond acceptors (Lipinski definition) is 0. The minimum absolute atomic E-state index is 0. The smallest absolute Gasteiger partial charge is 0.200 e. The molecule has 0 atom stereocenters. The largest absolute Gasteiger partial charge is 0.212 e. The van der Waals surface area contributed by atoms with E-state index in [2.05, 4.69) is 66.3 Å². The highest BCUT2D eigenvalue weighted by Gasteiger charge is 2.07. The summed E-state index contributed by atoms with van der Waals surface area (Å²) in [6.07, 6.45) is 2.18. The van der Waals surface area contributed by atoms with Crippen LogP contribution in [0.5, 0.6) is 0 Å². The van der Waals surface area contributed by atoms with Crippen molar-refractivity contribution in [2.75, 3.05) is 0 Å². The molecular weight excluding hydrogens is 309 g/mol. The van der Waals surface area contributed by atoms with Crippen LogP contribution in [-0.2, 0) is 7.05 Å². The zero-order valence-electron chi connectivity index (χ0n) is 9.05. The highest BCUT2D eigenvalue weighted by Crippen LogP contribution is 2.21. The summed E-state index contributed by atoms with van der Waals surface area (Å²) in [5, 5.41) is 3.93. The second-order valence-electron chi connectivity index (χ2n) is 3.84. The van der Waals surface area contributed by atoms with Crippen molar-refractivity contribution in [1.29, 1.82) is 0 Å². The summed E-state index contributed by atoms with van der Waals surface area (Å²) < 4.78 is 2.18. The number of hydrogen-bond donors (Lipinski definition) is 0. The Morgan fingerprint density at radius 2 is 1.44 bits per heavy atom. The molecule has 2 heteroatoms. The lowest BCUT2D eigenvalue weighted by atomic mass is 10.1. The number of rotatable bonds is 0. The van der Waals surface area contributed by atoms with E-state index >= 15 is 0 Å². The summed E-state index contributed by atoms with van der Waals surface area (Å²) in [5.41, 5.74) is 1.27. The fourth-order valence-electron chi connectivity index (χ4n) is 2.14. The summed E-state index contributed by atoms with van der Waals surface area (Å²) in [4.78, 5) is 0. The van der Waals surface area contributed by atoms with Crippen LogP contribution < -0.4 is 4.57 Å². The molecule has 1 aromatic heterocycles. The van der Waals surface area contributed by atoms with Gasteiger partial charge in [-0.1, -0.05) is 30.3 Å². The number of aryl methyl sites for hydroxylation is 1. The number of para-hydroxylation sites is 1. The van der Waals surface area contributed by atoms with Crippen molar-refractivity contribution in [3.05, 3.63) is 54.7 Å². The van der Waals surface area contributed by atoms with Gasteiger partial charge in [-0.3, -0.25) is 0 Å². The van der Waals surface area contributed by atoms with Gasteiger partial charge in [0.05, 0.1) is 5.39 Å². The van der Waals surface area contributed by atoms with E-state index in [4.69, 9.17) is 0 Å². The number of benzene rings is 2. The first-order valence-electron chi connectivity index (χ1n) is 5.12. The molecule has 0 spiro atoms. The highest BCUT2D eigenvalue weighted by molar-refractivity contribution is 14.0. The van der Waals surface area contributed by atoms with Crippen molar-refractivity contribution in [3.63, 3.8) is 0 Å². The highest BCUT2D eigenvalue weighted by atomic mass is 127. The van der Waals surface area contributed by atoms with Crippen LogP contribution in [0.1, 0.15) is 0 Å². The lowest BCUT2D eigenvalue weighted by molar-refractivity contribution is -0.643. The fourth-order valence-corrected chi connectivity index (χ4v) is 2.14. The Hall–Kier alpha value is -1.16. The Kier molecular flexibility index (Phi) is 3.10. The van der Waals surface area contributed by atoms with Crippen molar-refractivity contribution in [2.45, 2.75) is 0 Å². The number of aromatic nitrogens is 1.